The fourth-order valence-corrected chi connectivity index (χ4v) is 4.94. The Bertz CT molecular complexity index is 1450. The van der Waals surface area contributed by atoms with E-state index in [1.54, 1.807) is 6.07 Å². The number of nitrogens with zero attached hydrogens (tertiary/aromatic N) is 2. The van der Waals surface area contributed by atoms with Crippen LogP contribution in [0.2, 0.25) is 0 Å². The van der Waals surface area contributed by atoms with Crippen LogP contribution in [0.1, 0.15) is 60.3 Å². The number of halogens is 1. The lowest BCUT2D eigenvalue weighted by Crippen LogP contribution is -2.49. The Labute approximate surface area is 226 Å². The van der Waals surface area contributed by atoms with Crippen LogP contribution in [0.4, 0.5) is 10.1 Å². The third-order valence-electron chi connectivity index (χ3n) is 7.27. The average molecular weight is 530 g/mol. The Morgan fingerprint density at radius 2 is 1.95 bits per heavy atom. The van der Waals surface area contributed by atoms with Crippen molar-refractivity contribution in [3.05, 3.63) is 77.2 Å². The van der Waals surface area contributed by atoms with Crippen molar-refractivity contribution in [3.8, 4) is 0 Å². The zero-order valence-corrected chi connectivity index (χ0v) is 21.8. The summed E-state index contributed by atoms with van der Waals surface area (Å²) >= 11 is 0. The number of amides is 3. The van der Waals surface area contributed by atoms with Gasteiger partial charge in [0.05, 0.1) is 18.1 Å². The number of nitrogens with two attached hydrogens (primary N) is 1. The topological polar surface area (TPSA) is 117 Å². The van der Waals surface area contributed by atoms with Crippen LogP contribution in [0.25, 0.3) is 17.0 Å². The van der Waals surface area contributed by atoms with Crippen LogP contribution in [-0.4, -0.2) is 46.7 Å². The molecule has 39 heavy (non-hydrogen) atoms. The Morgan fingerprint density at radius 1 is 1.13 bits per heavy atom. The molecular weight excluding hydrogens is 497 g/mol. The van der Waals surface area contributed by atoms with E-state index in [1.807, 2.05) is 25.1 Å². The fraction of sp³-hybridized carbons (Fsp3) is 0.333. The molecule has 0 spiro atoms. The maximum Gasteiger partial charge on any atom is 0.270 e. The molecule has 2 aliphatic rings. The van der Waals surface area contributed by atoms with Gasteiger partial charge in [-0.05, 0) is 86.1 Å². The number of nitrogens with one attached hydrogen (secondary N) is 2. The maximum atomic E-state index is 13.4. The molecule has 1 unspecified atom stereocenters. The number of benzene rings is 2. The number of carbonyl (C=O) groups is 3. The lowest BCUT2D eigenvalue weighted by atomic mass is 9.99. The van der Waals surface area contributed by atoms with Crippen LogP contribution in [0.3, 0.4) is 0 Å². The van der Waals surface area contributed by atoms with Crippen molar-refractivity contribution in [2.75, 3.05) is 18.8 Å². The minimum absolute atomic E-state index is 0.125. The molecule has 0 radical (unpaired) electrons. The highest BCUT2D eigenvalue weighted by molar-refractivity contribution is 5.97. The van der Waals surface area contributed by atoms with Crippen molar-refractivity contribution < 1.29 is 18.8 Å². The Balaban J connectivity index is 1.20. The lowest BCUT2D eigenvalue weighted by molar-refractivity contribution is -0.137. The van der Waals surface area contributed by atoms with Gasteiger partial charge in [-0.1, -0.05) is 24.3 Å². The SMILES string of the molecule is C[C@H](NC(=O)C1CCCN1C(=O)CNC(=O)c1ccc2cc(F)ccc2n1)c1cc(N)ccc1/C=C/C1CC1. The minimum Gasteiger partial charge on any atom is -0.399 e. The second-order valence-corrected chi connectivity index (χ2v) is 10.3. The summed E-state index contributed by atoms with van der Waals surface area (Å²) in [5.74, 6) is -0.849. The number of aromatic nitrogens is 1. The van der Waals surface area contributed by atoms with Gasteiger partial charge in [0.25, 0.3) is 5.91 Å². The van der Waals surface area contributed by atoms with Crippen LogP contribution < -0.4 is 16.4 Å². The first-order valence-electron chi connectivity index (χ1n) is 13.3. The summed E-state index contributed by atoms with van der Waals surface area (Å²) in [7, 11) is 0. The van der Waals surface area contributed by atoms with E-state index in [-0.39, 0.29) is 35.9 Å². The Kier molecular flexibility index (Phi) is 7.58. The van der Waals surface area contributed by atoms with E-state index in [9.17, 15) is 18.8 Å². The van der Waals surface area contributed by atoms with Gasteiger partial charge in [0.1, 0.15) is 17.6 Å². The van der Waals surface area contributed by atoms with Crippen LogP contribution in [0.15, 0.2) is 54.6 Å². The molecule has 3 aromatic rings. The van der Waals surface area contributed by atoms with Crippen molar-refractivity contribution in [1.82, 2.24) is 20.5 Å². The molecule has 8 nitrogen and oxygen atoms in total. The van der Waals surface area contributed by atoms with Crippen molar-refractivity contribution in [3.63, 3.8) is 0 Å². The highest BCUT2D eigenvalue weighted by atomic mass is 19.1. The number of carbonyl (C=O) groups excluding carboxylic acids is 3. The average Bonchev–Trinajstić information content (AvgIpc) is 3.62. The van der Waals surface area contributed by atoms with Gasteiger partial charge in [-0.2, -0.15) is 0 Å². The molecule has 1 aliphatic heterocycles. The molecule has 9 heteroatoms. The number of anilines is 1. The summed E-state index contributed by atoms with van der Waals surface area (Å²) in [5.41, 5.74) is 9.20. The van der Waals surface area contributed by atoms with Crippen molar-refractivity contribution in [1.29, 1.82) is 0 Å². The van der Waals surface area contributed by atoms with Crippen LogP contribution in [0, 0.1) is 11.7 Å². The van der Waals surface area contributed by atoms with Gasteiger partial charge >= 0.3 is 0 Å². The summed E-state index contributed by atoms with van der Waals surface area (Å²) in [5, 5.41) is 6.23. The van der Waals surface area contributed by atoms with Crippen molar-refractivity contribution in [2.45, 2.75) is 44.7 Å². The predicted octanol–water partition coefficient (Wildman–Crippen LogP) is 3.98. The smallest absolute Gasteiger partial charge is 0.270 e. The monoisotopic (exact) mass is 529 g/mol. The van der Waals surface area contributed by atoms with Gasteiger partial charge in [0, 0.05) is 17.6 Å². The molecule has 2 heterocycles. The summed E-state index contributed by atoms with van der Waals surface area (Å²) in [4.78, 5) is 44.7. The third-order valence-corrected chi connectivity index (χ3v) is 7.27. The molecule has 4 N–H and O–H groups in total. The maximum absolute atomic E-state index is 13.4. The second kappa shape index (κ2) is 11.2. The standard InChI is InChI=1S/C30H32FN5O3/c1-18(24-16-23(32)11-8-20(24)7-6-19-4-5-19)34-30(39)27-3-2-14-36(27)28(37)17-33-29(38)26-12-9-21-15-22(31)10-13-25(21)35-26/h6-13,15-16,18-19,27H,2-5,14,17,32H2,1H3,(H,33,38)(H,34,39)/b7-6+/t18-,27?/m0/s1. The Hall–Kier alpha value is -4.27. The van der Waals surface area contributed by atoms with E-state index in [0.29, 0.717) is 41.9 Å². The number of fused-ring (bicyclic) bond motifs is 1. The molecular formula is C30H32FN5O3. The minimum atomic E-state index is -0.614. The normalized spacial score (nSPS) is 17.9. The highest BCUT2D eigenvalue weighted by Crippen LogP contribution is 2.32. The molecule has 1 saturated carbocycles. The highest BCUT2D eigenvalue weighted by Gasteiger charge is 2.34. The molecule has 2 aromatic carbocycles. The van der Waals surface area contributed by atoms with Gasteiger partial charge in [-0.25, -0.2) is 9.37 Å². The van der Waals surface area contributed by atoms with Gasteiger partial charge in [0.2, 0.25) is 11.8 Å². The van der Waals surface area contributed by atoms with Crippen LogP contribution in [-0.2, 0) is 9.59 Å². The Morgan fingerprint density at radius 3 is 2.74 bits per heavy atom. The van der Waals surface area contributed by atoms with E-state index in [1.165, 1.54) is 42.0 Å². The molecule has 3 amide bonds. The van der Waals surface area contributed by atoms with E-state index in [2.05, 4.69) is 27.8 Å². The molecule has 202 valence electrons. The molecule has 0 bridgehead atoms. The van der Waals surface area contributed by atoms with Gasteiger partial charge in [0.15, 0.2) is 0 Å². The number of pyridine rings is 1. The summed E-state index contributed by atoms with van der Waals surface area (Å²) in [6, 6.07) is 12.0. The molecule has 2 fully saturated rings. The largest absolute Gasteiger partial charge is 0.399 e. The molecule has 2 atom stereocenters. The zero-order chi connectivity index (χ0) is 27.5. The van der Waals surface area contributed by atoms with Gasteiger partial charge in [-0.3, -0.25) is 14.4 Å². The first-order valence-corrected chi connectivity index (χ1v) is 13.3. The van der Waals surface area contributed by atoms with Crippen LogP contribution >= 0.6 is 0 Å². The number of hydrogen-bond acceptors (Lipinski definition) is 5. The molecule has 1 saturated heterocycles. The van der Waals surface area contributed by atoms with Crippen molar-refractivity contribution in [2.24, 2.45) is 5.92 Å². The van der Waals surface area contributed by atoms with Crippen LogP contribution in [0.5, 0.6) is 0 Å². The first kappa shape index (κ1) is 26.3. The predicted molar refractivity (Wildman–Crippen MR) is 148 cm³/mol. The zero-order valence-electron chi connectivity index (χ0n) is 21.8. The summed E-state index contributed by atoms with van der Waals surface area (Å²) in [6.07, 6.45) is 7.95. The number of nitrogen functional groups attached to an aromatic ring is 1. The van der Waals surface area contributed by atoms with E-state index in [0.717, 1.165) is 11.1 Å². The fourth-order valence-electron chi connectivity index (χ4n) is 4.94. The molecule has 1 aromatic heterocycles. The van der Waals surface area contributed by atoms with E-state index in [4.69, 9.17) is 5.73 Å². The number of hydrogen-bond donors (Lipinski definition) is 3. The number of likely N-dealkylation sites (tertiary alicyclic amines) is 1. The summed E-state index contributed by atoms with van der Waals surface area (Å²) < 4.78 is 13.4. The summed E-state index contributed by atoms with van der Waals surface area (Å²) in [6.45, 7) is 2.09. The first-order chi connectivity index (χ1) is 18.8. The van der Waals surface area contributed by atoms with Gasteiger partial charge in [-0.15, -0.1) is 0 Å². The number of allylic oxidation sites excluding steroid dienone is 1. The third kappa shape index (κ3) is 6.25. The molecule has 1 aliphatic carbocycles. The molecule has 5 rings (SSSR count). The van der Waals surface area contributed by atoms with E-state index < -0.39 is 11.9 Å². The van der Waals surface area contributed by atoms with Gasteiger partial charge < -0.3 is 21.3 Å². The van der Waals surface area contributed by atoms with E-state index >= 15 is 0 Å². The quantitative estimate of drug-likeness (QED) is 0.382. The lowest BCUT2D eigenvalue weighted by Gasteiger charge is -2.26. The second-order valence-electron chi connectivity index (χ2n) is 10.3. The van der Waals surface area contributed by atoms with Crippen molar-refractivity contribution >= 4 is 40.4 Å². The number of rotatable bonds is 8.